The molecule has 1 aliphatic heterocycles. The Morgan fingerprint density at radius 2 is 2.00 bits per heavy atom. The van der Waals surface area contributed by atoms with E-state index in [1.165, 1.54) is 12.0 Å². The minimum atomic E-state index is -0.464. The molecule has 1 aromatic rings. The van der Waals surface area contributed by atoms with E-state index in [0.717, 1.165) is 5.56 Å². The molecule has 0 spiro atoms. The zero-order valence-electron chi connectivity index (χ0n) is 14.9. The van der Waals surface area contributed by atoms with Gasteiger partial charge in [-0.3, -0.25) is 14.4 Å². The van der Waals surface area contributed by atoms with Crippen molar-refractivity contribution in [2.75, 3.05) is 34.4 Å². The lowest BCUT2D eigenvalue weighted by atomic mass is 9.95. The van der Waals surface area contributed by atoms with Crippen molar-refractivity contribution in [2.24, 2.45) is 5.92 Å². The number of piperidine rings is 1. The van der Waals surface area contributed by atoms with Gasteiger partial charge in [-0.1, -0.05) is 18.2 Å². The van der Waals surface area contributed by atoms with E-state index in [-0.39, 0.29) is 24.3 Å². The van der Waals surface area contributed by atoms with Crippen molar-refractivity contribution in [3.63, 3.8) is 0 Å². The summed E-state index contributed by atoms with van der Waals surface area (Å²) in [5.41, 5.74) is 0.898. The molecule has 0 N–H and O–H groups in total. The van der Waals surface area contributed by atoms with Crippen molar-refractivity contribution in [3.05, 3.63) is 29.8 Å². The van der Waals surface area contributed by atoms with Gasteiger partial charge < -0.3 is 19.3 Å². The highest BCUT2D eigenvalue weighted by Crippen LogP contribution is 2.25. The van der Waals surface area contributed by atoms with Crippen LogP contribution in [0.1, 0.15) is 18.4 Å². The SMILES string of the molecule is COC(=O)CN(C)C(=O)C1CCC(=O)N(Cc2ccccc2OC)C1. The van der Waals surface area contributed by atoms with Crippen molar-refractivity contribution in [1.82, 2.24) is 9.80 Å². The van der Waals surface area contributed by atoms with Crippen LogP contribution in [0, 0.1) is 5.92 Å². The number of carbonyl (C=O) groups is 3. The van der Waals surface area contributed by atoms with Crippen LogP contribution < -0.4 is 4.74 Å². The van der Waals surface area contributed by atoms with E-state index in [2.05, 4.69) is 4.74 Å². The molecule has 1 unspecified atom stereocenters. The Morgan fingerprint density at radius 3 is 2.68 bits per heavy atom. The molecule has 1 aliphatic rings. The van der Waals surface area contributed by atoms with Crippen LogP contribution in [-0.4, -0.2) is 61.9 Å². The predicted molar refractivity (Wildman–Crippen MR) is 90.8 cm³/mol. The lowest BCUT2D eigenvalue weighted by Gasteiger charge is -2.34. The van der Waals surface area contributed by atoms with Gasteiger partial charge in [-0.2, -0.15) is 0 Å². The molecule has 25 heavy (non-hydrogen) atoms. The van der Waals surface area contributed by atoms with Crippen LogP contribution in [0.4, 0.5) is 0 Å². The molecule has 0 saturated carbocycles. The summed E-state index contributed by atoms with van der Waals surface area (Å²) < 4.78 is 9.92. The highest BCUT2D eigenvalue weighted by atomic mass is 16.5. The van der Waals surface area contributed by atoms with Crippen LogP contribution in [0.15, 0.2) is 24.3 Å². The quantitative estimate of drug-likeness (QED) is 0.719. The number of hydrogen-bond donors (Lipinski definition) is 0. The first-order valence-electron chi connectivity index (χ1n) is 8.17. The maximum atomic E-state index is 12.5. The summed E-state index contributed by atoms with van der Waals surface area (Å²) in [4.78, 5) is 39.2. The predicted octanol–water partition coefficient (Wildman–Crippen LogP) is 1.07. The maximum Gasteiger partial charge on any atom is 0.325 e. The summed E-state index contributed by atoms with van der Waals surface area (Å²) in [5, 5.41) is 0. The van der Waals surface area contributed by atoms with Crippen LogP contribution in [0.2, 0.25) is 0 Å². The van der Waals surface area contributed by atoms with Gasteiger partial charge in [-0.15, -0.1) is 0 Å². The number of esters is 1. The molecule has 1 aromatic carbocycles. The van der Waals surface area contributed by atoms with E-state index in [9.17, 15) is 14.4 Å². The summed E-state index contributed by atoms with van der Waals surface area (Å²) in [6, 6.07) is 7.50. The molecule has 0 aliphatic carbocycles. The number of methoxy groups -OCH3 is 2. The van der Waals surface area contributed by atoms with E-state index in [1.807, 2.05) is 24.3 Å². The second kappa shape index (κ2) is 8.50. The summed E-state index contributed by atoms with van der Waals surface area (Å²) in [7, 11) is 4.44. The van der Waals surface area contributed by atoms with Crippen molar-refractivity contribution >= 4 is 17.8 Å². The van der Waals surface area contributed by atoms with Gasteiger partial charge in [-0.05, 0) is 12.5 Å². The van der Waals surface area contributed by atoms with Crippen molar-refractivity contribution < 1.29 is 23.9 Å². The van der Waals surface area contributed by atoms with Crippen LogP contribution in [0.5, 0.6) is 5.75 Å². The van der Waals surface area contributed by atoms with E-state index in [4.69, 9.17) is 4.74 Å². The third-order valence-electron chi connectivity index (χ3n) is 4.37. The Kier molecular flexibility index (Phi) is 6.38. The summed E-state index contributed by atoms with van der Waals surface area (Å²) in [6.45, 7) is 0.640. The van der Waals surface area contributed by atoms with Gasteiger partial charge in [0.15, 0.2) is 0 Å². The molecule has 1 saturated heterocycles. The highest BCUT2D eigenvalue weighted by molar-refractivity contribution is 5.86. The lowest BCUT2D eigenvalue weighted by Crippen LogP contribution is -2.46. The molecule has 7 heteroatoms. The zero-order valence-corrected chi connectivity index (χ0v) is 14.9. The summed E-state index contributed by atoms with van der Waals surface area (Å²) in [5.74, 6) is -0.198. The van der Waals surface area contributed by atoms with Crippen LogP contribution >= 0.6 is 0 Å². The maximum absolute atomic E-state index is 12.5. The molecule has 0 aromatic heterocycles. The number of carbonyl (C=O) groups excluding carboxylic acids is 3. The average molecular weight is 348 g/mol. The second-order valence-corrected chi connectivity index (χ2v) is 6.09. The van der Waals surface area contributed by atoms with Crippen LogP contribution in [0.25, 0.3) is 0 Å². The third kappa shape index (κ3) is 4.71. The Bertz CT molecular complexity index is 646. The Balaban J connectivity index is 2.04. The van der Waals surface area contributed by atoms with Crippen LogP contribution in [-0.2, 0) is 25.7 Å². The van der Waals surface area contributed by atoms with Crippen molar-refractivity contribution in [1.29, 1.82) is 0 Å². The topological polar surface area (TPSA) is 76.2 Å². The number of ether oxygens (including phenoxy) is 2. The van der Waals surface area contributed by atoms with Gasteiger partial charge in [0.2, 0.25) is 11.8 Å². The molecular formula is C18H24N2O5. The van der Waals surface area contributed by atoms with Gasteiger partial charge in [0.1, 0.15) is 12.3 Å². The molecule has 7 nitrogen and oxygen atoms in total. The Hall–Kier alpha value is -2.57. The van der Waals surface area contributed by atoms with Gasteiger partial charge in [0.25, 0.3) is 0 Å². The van der Waals surface area contributed by atoms with Gasteiger partial charge in [0.05, 0.1) is 20.1 Å². The first-order chi connectivity index (χ1) is 12.0. The molecule has 1 heterocycles. The first kappa shape index (κ1) is 18.8. The van der Waals surface area contributed by atoms with E-state index in [0.29, 0.717) is 31.7 Å². The minimum absolute atomic E-state index is 0.0191. The second-order valence-electron chi connectivity index (χ2n) is 6.09. The van der Waals surface area contributed by atoms with E-state index in [1.54, 1.807) is 19.1 Å². The van der Waals surface area contributed by atoms with E-state index >= 15 is 0 Å². The molecular weight excluding hydrogens is 324 g/mol. The number of likely N-dealkylation sites (N-methyl/N-ethyl adjacent to an activating group) is 1. The fourth-order valence-electron chi connectivity index (χ4n) is 2.96. The molecule has 0 radical (unpaired) electrons. The monoisotopic (exact) mass is 348 g/mol. The molecule has 2 amide bonds. The number of nitrogens with zero attached hydrogens (tertiary/aromatic N) is 2. The molecule has 136 valence electrons. The highest BCUT2D eigenvalue weighted by Gasteiger charge is 2.32. The van der Waals surface area contributed by atoms with Gasteiger partial charge in [0, 0.05) is 32.1 Å². The van der Waals surface area contributed by atoms with Crippen molar-refractivity contribution in [2.45, 2.75) is 19.4 Å². The minimum Gasteiger partial charge on any atom is -0.496 e. The Labute approximate surface area is 147 Å². The first-order valence-corrected chi connectivity index (χ1v) is 8.17. The smallest absolute Gasteiger partial charge is 0.325 e. The number of rotatable bonds is 6. The van der Waals surface area contributed by atoms with Crippen LogP contribution in [0.3, 0.4) is 0 Å². The number of hydrogen-bond acceptors (Lipinski definition) is 5. The zero-order chi connectivity index (χ0) is 18.4. The Morgan fingerprint density at radius 1 is 1.28 bits per heavy atom. The lowest BCUT2D eigenvalue weighted by molar-refractivity contribution is -0.150. The van der Waals surface area contributed by atoms with Gasteiger partial charge in [-0.25, -0.2) is 0 Å². The summed E-state index contributed by atoms with van der Waals surface area (Å²) >= 11 is 0. The molecule has 1 fully saturated rings. The number of likely N-dealkylation sites (tertiary alicyclic amines) is 1. The van der Waals surface area contributed by atoms with E-state index < -0.39 is 5.97 Å². The number of benzene rings is 1. The number of para-hydroxylation sites is 1. The van der Waals surface area contributed by atoms with Gasteiger partial charge >= 0.3 is 5.97 Å². The third-order valence-corrected chi connectivity index (χ3v) is 4.37. The largest absolute Gasteiger partial charge is 0.496 e. The number of amides is 2. The molecule has 0 bridgehead atoms. The fourth-order valence-corrected chi connectivity index (χ4v) is 2.96. The van der Waals surface area contributed by atoms with Crippen molar-refractivity contribution in [3.8, 4) is 5.75 Å². The molecule has 1 atom stereocenters. The normalized spacial score (nSPS) is 17.2. The average Bonchev–Trinajstić information content (AvgIpc) is 2.63. The fraction of sp³-hybridized carbons (Fsp3) is 0.500. The summed E-state index contributed by atoms with van der Waals surface area (Å²) in [6.07, 6.45) is 0.809. The standard InChI is InChI=1S/C18H24N2O5/c1-19(12-17(22)25-3)18(23)14-8-9-16(21)20(11-14)10-13-6-4-5-7-15(13)24-2/h4-7,14H,8-12H2,1-3H3. The molecule has 2 rings (SSSR count).